The van der Waals surface area contributed by atoms with Gasteiger partial charge >= 0.3 is 5.97 Å². The molecule has 2 aromatic rings. The van der Waals surface area contributed by atoms with E-state index in [1.54, 1.807) is 13.1 Å². The summed E-state index contributed by atoms with van der Waals surface area (Å²) in [5.74, 6) is -1.35. The van der Waals surface area contributed by atoms with Crippen LogP contribution in [0.5, 0.6) is 0 Å². The van der Waals surface area contributed by atoms with Crippen molar-refractivity contribution in [3.05, 3.63) is 42.1 Å². The summed E-state index contributed by atoms with van der Waals surface area (Å²) in [7, 11) is 0. The number of carbonyl (C=O) groups is 1. The highest BCUT2D eigenvalue weighted by molar-refractivity contribution is 5.87. The van der Waals surface area contributed by atoms with E-state index in [1.807, 2.05) is 30.3 Å². The lowest BCUT2D eigenvalue weighted by Gasteiger charge is -2.08. The number of para-hydroxylation sites is 1. The smallest absolute Gasteiger partial charge is 0.310 e. The van der Waals surface area contributed by atoms with Gasteiger partial charge in [0.05, 0.1) is 11.4 Å². The minimum atomic E-state index is -0.826. The van der Waals surface area contributed by atoms with Gasteiger partial charge in [0, 0.05) is 11.6 Å². The first-order valence-electron chi connectivity index (χ1n) is 4.76. The van der Waals surface area contributed by atoms with Crippen molar-refractivity contribution in [2.24, 2.45) is 0 Å². The molecule has 0 spiro atoms. The van der Waals surface area contributed by atoms with E-state index in [9.17, 15) is 4.79 Å². The molecule has 0 fully saturated rings. The molecule has 2 rings (SSSR count). The Bertz CT molecular complexity index is 502. The van der Waals surface area contributed by atoms with Gasteiger partial charge in [-0.2, -0.15) is 0 Å². The van der Waals surface area contributed by atoms with Gasteiger partial charge in [0.2, 0.25) is 0 Å². The maximum Gasteiger partial charge on any atom is 0.310 e. The SMILES string of the molecule is C[C@@H](C(=O)O)c1cccc2cccnc12. The van der Waals surface area contributed by atoms with Gasteiger partial charge in [0.1, 0.15) is 0 Å². The molecular weight excluding hydrogens is 190 g/mol. The minimum Gasteiger partial charge on any atom is -0.481 e. The molecule has 1 atom stereocenters. The van der Waals surface area contributed by atoms with Crippen molar-refractivity contribution in [1.29, 1.82) is 0 Å². The summed E-state index contributed by atoms with van der Waals surface area (Å²) in [5, 5.41) is 9.94. The van der Waals surface area contributed by atoms with Gasteiger partial charge < -0.3 is 5.11 Å². The fraction of sp³-hybridized carbons (Fsp3) is 0.167. The number of rotatable bonds is 2. The van der Waals surface area contributed by atoms with Crippen LogP contribution in [-0.4, -0.2) is 16.1 Å². The zero-order chi connectivity index (χ0) is 10.8. The Morgan fingerprint density at radius 2 is 2.07 bits per heavy atom. The standard InChI is InChI=1S/C12H11NO2/c1-8(12(14)15)10-6-2-4-9-5-3-7-13-11(9)10/h2-8H,1H3,(H,14,15)/t8-/m1/s1. The quantitative estimate of drug-likeness (QED) is 0.811. The van der Waals surface area contributed by atoms with Crippen LogP contribution in [-0.2, 0) is 4.79 Å². The van der Waals surface area contributed by atoms with Crippen molar-refractivity contribution in [1.82, 2.24) is 4.98 Å². The molecule has 0 aliphatic heterocycles. The maximum absolute atomic E-state index is 10.9. The monoisotopic (exact) mass is 201 g/mol. The number of fused-ring (bicyclic) bond motifs is 1. The fourth-order valence-corrected chi connectivity index (χ4v) is 1.61. The average molecular weight is 201 g/mol. The Labute approximate surface area is 87.4 Å². The summed E-state index contributed by atoms with van der Waals surface area (Å²) in [6.07, 6.45) is 1.68. The second-order valence-corrected chi connectivity index (χ2v) is 3.48. The lowest BCUT2D eigenvalue weighted by molar-refractivity contribution is -0.138. The van der Waals surface area contributed by atoms with Crippen molar-refractivity contribution in [2.45, 2.75) is 12.8 Å². The molecule has 76 valence electrons. The predicted octanol–water partition coefficient (Wildman–Crippen LogP) is 2.42. The molecular formula is C12H11NO2. The van der Waals surface area contributed by atoms with Crippen LogP contribution >= 0.6 is 0 Å². The third-order valence-electron chi connectivity index (χ3n) is 2.50. The van der Waals surface area contributed by atoms with Gasteiger partial charge in [0.15, 0.2) is 0 Å². The zero-order valence-electron chi connectivity index (χ0n) is 8.34. The number of benzene rings is 1. The molecule has 1 aromatic carbocycles. The first-order chi connectivity index (χ1) is 7.20. The summed E-state index contributed by atoms with van der Waals surface area (Å²) in [6, 6.07) is 9.38. The van der Waals surface area contributed by atoms with E-state index in [4.69, 9.17) is 5.11 Å². The third kappa shape index (κ3) is 1.68. The van der Waals surface area contributed by atoms with Gasteiger partial charge in [-0.1, -0.05) is 24.3 Å². The van der Waals surface area contributed by atoms with Gasteiger partial charge in [-0.05, 0) is 18.6 Å². The van der Waals surface area contributed by atoms with E-state index in [0.29, 0.717) is 0 Å². The molecule has 0 aliphatic rings. The first-order valence-corrected chi connectivity index (χ1v) is 4.76. The lowest BCUT2D eigenvalue weighted by atomic mass is 9.98. The third-order valence-corrected chi connectivity index (χ3v) is 2.50. The number of pyridine rings is 1. The molecule has 0 unspecified atom stereocenters. The molecule has 1 N–H and O–H groups in total. The fourth-order valence-electron chi connectivity index (χ4n) is 1.61. The van der Waals surface area contributed by atoms with E-state index in [1.165, 1.54) is 0 Å². The first kappa shape index (κ1) is 9.65. The second-order valence-electron chi connectivity index (χ2n) is 3.48. The van der Waals surface area contributed by atoms with Crippen LogP contribution in [0.25, 0.3) is 10.9 Å². The number of nitrogens with zero attached hydrogens (tertiary/aromatic N) is 1. The topological polar surface area (TPSA) is 50.2 Å². The van der Waals surface area contributed by atoms with Crippen molar-refractivity contribution in [3.63, 3.8) is 0 Å². The number of carboxylic acids is 1. The second kappa shape index (κ2) is 3.69. The number of aliphatic carboxylic acids is 1. The van der Waals surface area contributed by atoms with Gasteiger partial charge in [0.25, 0.3) is 0 Å². The molecule has 3 heteroatoms. The van der Waals surface area contributed by atoms with Gasteiger partial charge in [-0.3, -0.25) is 9.78 Å². The van der Waals surface area contributed by atoms with Crippen LogP contribution in [0.1, 0.15) is 18.4 Å². The van der Waals surface area contributed by atoms with Crippen LogP contribution in [0.4, 0.5) is 0 Å². The molecule has 15 heavy (non-hydrogen) atoms. The normalized spacial score (nSPS) is 12.6. The number of aromatic nitrogens is 1. The maximum atomic E-state index is 10.9. The predicted molar refractivity (Wildman–Crippen MR) is 57.8 cm³/mol. The van der Waals surface area contributed by atoms with E-state index >= 15 is 0 Å². The molecule has 1 heterocycles. The molecule has 3 nitrogen and oxygen atoms in total. The summed E-state index contributed by atoms with van der Waals surface area (Å²) in [4.78, 5) is 15.1. The summed E-state index contributed by atoms with van der Waals surface area (Å²) in [5.41, 5.74) is 1.54. The Balaban J connectivity index is 2.65. The van der Waals surface area contributed by atoms with Crippen LogP contribution in [0, 0.1) is 0 Å². The van der Waals surface area contributed by atoms with Crippen LogP contribution in [0.3, 0.4) is 0 Å². The van der Waals surface area contributed by atoms with E-state index < -0.39 is 11.9 Å². The average Bonchev–Trinajstić information content (AvgIpc) is 2.27. The summed E-state index contributed by atoms with van der Waals surface area (Å²) >= 11 is 0. The molecule has 0 saturated heterocycles. The van der Waals surface area contributed by atoms with Crippen molar-refractivity contribution in [2.75, 3.05) is 0 Å². The Kier molecular flexibility index (Phi) is 2.37. The van der Waals surface area contributed by atoms with Crippen LogP contribution in [0.2, 0.25) is 0 Å². The van der Waals surface area contributed by atoms with E-state index in [0.717, 1.165) is 16.5 Å². The largest absolute Gasteiger partial charge is 0.481 e. The zero-order valence-corrected chi connectivity index (χ0v) is 8.34. The van der Waals surface area contributed by atoms with Crippen LogP contribution in [0.15, 0.2) is 36.5 Å². The lowest BCUT2D eigenvalue weighted by Crippen LogP contribution is -2.08. The highest BCUT2D eigenvalue weighted by Gasteiger charge is 2.16. The Morgan fingerprint density at radius 3 is 2.80 bits per heavy atom. The van der Waals surface area contributed by atoms with Gasteiger partial charge in [-0.25, -0.2) is 0 Å². The molecule has 0 aliphatic carbocycles. The van der Waals surface area contributed by atoms with Crippen molar-refractivity contribution < 1.29 is 9.90 Å². The molecule has 1 aromatic heterocycles. The van der Waals surface area contributed by atoms with Gasteiger partial charge in [-0.15, -0.1) is 0 Å². The molecule has 0 radical (unpaired) electrons. The van der Waals surface area contributed by atoms with Crippen molar-refractivity contribution in [3.8, 4) is 0 Å². The molecule has 0 saturated carbocycles. The Morgan fingerprint density at radius 1 is 1.33 bits per heavy atom. The molecule has 0 bridgehead atoms. The van der Waals surface area contributed by atoms with Crippen molar-refractivity contribution >= 4 is 16.9 Å². The highest BCUT2D eigenvalue weighted by Crippen LogP contribution is 2.23. The summed E-state index contributed by atoms with van der Waals surface area (Å²) in [6.45, 7) is 1.67. The van der Waals surface area contributed by atoms with Crippen LogP contribution < -0.4 is 0 Å². The summed E-state index contributed by atoms with van der Waals surface area (Å²) < 4.78 is 0. The molecule has 0 amide bonds. The minimum absolute atomic E-state index is 0.524. The van der Waals surface area contributed by atoms with E-state index in [-0.39, 0.29) is 0 Å². The Hall–Kier alpha value is -1.90. The number of hydrogen-bond donors (Lipinski definition) is 1. The van der Waals surface area contributed by atoms with E-state index in [2.05, 4.69) is 4.98 Å². The highest BCUT2D eigenvalue weighted by atomic mass is 16.4. The number of carboxylic acid groups (broad SMARTS) is 1. The number of hydrogen-bond acceptors (Lipinski definition) is 2.